The largest absolute Gasteiger partial charge is 0.391 e. The second kappa shape index (κ2) is 8.32. The lowest BCUT2D eigenvalue weighted by Crippen LogP contribution is -2.46. The number of anilines is 1. The Bertz CT molecular complexity index is 921. The molecule has 0 bridgehead atoms. The zero-order valence-corrected chi connectivity index (χ0v) is 18.1. The van der Waals surface area contributed by atoms with Crippen molar-refractivity contribution in [3.05, 3.63) is 16.8 Å². The van der Waals surface area contributed by atoms with Crippen molar-refractivity contribution in [1.82, 2.24) is 15.3 Å². The van der Waals surface area contributed by atoms with Gasteiger partial charge in [0.1, 0.15) is 17.0 Å². The van der Waals surface area contributed by atoms with Gasteiger partial charge in [-0.3, -0.25) is 4.79 Å². The van der Waals surface area contributed by atoms with Crippen molar-refractivity contribution in [3.63, 3.8) is 0 Å². The molecule has 1 saturated carbocycles. The maximum atomic E-state index is 13.0. The molecule has 0 aromatic carbocycles. The zero-order chi connectivity index (χ0) is 21.5. The molecule has 30 heavy (non-hydrogen) atoms. The Morgan fingerprint density at radius 2 is 1.90 bits per heavy atom. The van der Waals surface area contributed by atoms with E-state index in [9.17, 15) is 18.0 Å². The van der Waals surface area contributed by atoms with E-state index < -0.39 is 12.1 Å². The van der Waals surface area contributed by atoms with Crippen LogP contribution in [0, 0.1) is 25.7 Å². The van der Waals surface area contributed by atoms with Crippen molar-refractivity contribution in [1.29, 1.82) is 0 Å². The first-order valence-corrected chi connectivity index (χ1v) is 11.4. The molecule has 0 radical (unpaired) electrons. The molecule has 5 nitrogen and oxygen atoms in total. The Morgan fingerprint density at radius 3 is 2.60 bits per heavy atom. The molecule has 1 aliphatic heterocycles. The van der Waals surface area contributed by atoms with Crippen LogP contribution in [0.15, 0.2) is 6.33 Å². The zero-order valence-electron chi connectivity index (χ0n) is 17.3. The van der Waals surface area contributed by atoms with E-state index in [1.165, 1.54) is 10.4 Å². The first-order chi connectivity index (χ1) is 14.2. The minimum absolute atomic E-state index is 0.00376. The lowest BCUT2D eigenvalue weighted by Gasteiger charge is -2.35. The van der Waals surface area contributed by atoms with E-state index in [1.54, 1.807) is 17.7 Å². The van der Waals surface area contributed by atoms with Gasteiger partial charge in [0.15, 0.2) is 0 Å². The number of amides is 1. The Labute approximate surface area is 178 Å². The number of hydrogen-bond donors (Lipinski definition) is 1. The Balaban J connectivity index is 1.36. The van der Waals surface area contributed by atoms with E-state index in [0.29, 0.717) is 38.8 Å². The predicted molar refractivity (Wildman–Crippen MR) is 112 cm³/mol. The van der Waals surface area contributed by atoms with Gasteiger partial charge in [0.25, 0.3) is 0 Å². The molecule has 2 aromatic heterocycles. The summed E-state index contributed by atoms with van der Waals surface area (Å²) in [5, 5.41) is 3.99. The molecule has 1 aliphatic carbocycles. The maximum absolute atomic E-state index is 13.0. The first kappa shape index (κ1) is 21.3. The van der Waals surface area contributed by atoms with Crippen LogP contribution in [-0.4, -0.2) is 41.2 Å². The normalized spacial score (nSPS) is 23.7. The second-order valence-corrected chi connectivity index (χ2v) is 9.74. The average Bonchev–Trinajstić information content (AvgIpc) is 3.01. The van der Waals surface area contributed by atoms with Crippen LogP contribution in [0.3, 0.4) is 0 Å². The molecule has 2 unspecified atom stereocenters. The molecular weight excluding hydrogens is 413 g/mol. The molecular formula is C21H27F3N4OS. The van der Waals surface area contributed by atoms with Crippen LogP contribution in [0.2, 0.25) is 0 Å². The smallest absolute Gasteiger partial charge is 0.356 e. The van der Waals surface area contributed by atoms with Crippen LogP contribution in [0.25, 0.3) is 10.2 Å². The number of rotatable bonds is 3. The molecule has 9 heteroatoms. The second-order valence-electron chi connectivity index (χ2n) is 8.53. The van der Waals surface area contributed by atoms with Gasteiger partial charge in [0.05, 0.1) is 11.3 Å². The predicted octanol–water partition coefficient (Wildman–Crippen LogP) is 4.76. The summed E-state index contributed by atoms with van der Waals surface area (Å²) in [6, 6.07) is -0.367. The number of nitrogens with zero attached hydrogens (tertiary/aromatic N) is 3. The lowest BCUT2D eigenvalue weighted by molar-refractivity contribution is -0.184. The van der Waals surface area contributed by atoms with E-state index in [1.807, 2.05) is 0 Å². The van der Waals surface area contributed by atoms with E-state index >= 15 is 0 Å². The summed E-state index contributed by atoms with van der Waals surface area (Å²) < 4.78 is 39.1. The summed E-state index contributed by atoms with van der Waals surface area (Å²) in [6.45, 7) is 5.57. The summed E-state index contributed by atoms with van der Waals surface area (Å²) in [4.78, 5) is 26.0. The van der Waals surface area contributed by atoms with Gasteiger partial charge < -0.3 is 10.2 Å². The highest BCUT2D eigenvalue weighted by Crippen LogP contribution is 2.38. The van der Waals surface area contributed by atoms with Gasteiger partial charge in [-0.1, -0.05) is 6.42 Å². The van der Waals surface area contributed by atoms with Crippen molar-refractivity contribution in [2.75, 3.05) is 18.0 Å². The van der Waals surface area contributed by atoms with E-state index in [-0.39, 0.29) is 30.7 Å². The minimum atomic E-state index is -4.17. The number of aromatic nitrogens is 2. The first-order valence-electron chi connectivity index (χ1n) is 10.6. The van der Waals surface area contributed by atoms with Gasteiger partial charge in [0.2, 0.25) is 5.91 Å². The number of thiophene rings is 1. The number of piperidine rings is 1. The van der Waals surface area contributed by atoms with Crippen molar-refractivity contribution in [3.8, 4) is 0 Å². The molecule has 2 fully saturated rings. The van der Waals surface area contributed by atoms with Gasteiger partial charge in [-0.05, 0) is 51.5 Å². The fourth-order valence-electron chi connectivity index (χ4n) is 4.69. The van der Waals surface area contributed by atoms with Crippen LogP contribution >= 0.6 is 11.3 Å². The number of carbonyl (C=O) groups is 1. The summed E-state index contributed by atoms with van der Waals surface area (Å²) in [6.07, 6.45) is 0.0854. The van der Waals surface area contributed by atoms with Gasteiger partial charge in [-0.15, -0.1) is 11.3 Å². The lowest BCUT2D eigenvalue weighted by atomic mass is 9.84. The molecule has 1 saturated heterocycles. The average molecular weight is 441 g/mol. The maximum Gasteiger partial charge on any atom is 0.391 e. The topological polar surface area (TPSA) is 58.1 Å². The van der Waals surface area contributed by atoms with Gasteiger partial charge in [0, 0.05) is 29.9 Å². The van der Waals surface area contributed by atoms with Crippen molar-refractivity contribution >= 4 is 33.3 Å². The fraction of sp³-hybridized carbons (Fsp3) is 0.667. The number of hydrogen-bond acceptors (Lipinski definition) is 5. The number of alkyl halides is 3. The van der Waals surface area contributed by atoms with Crippen LogP contribution in [0.1, 0.15) is 49.0 Å². The monoisotopic (exact) mass is 440 g/mol. The number of fused-ring (bicyclic) bond motifs is 1. The summed E-state index contributed by atoms with van der Waals surface area (Å²) >= 11 is 1.66. The SMILES string of the molecule is Cc1sc2ncnc(N3CCC(C(=O)NC4CCCC(C(F)(F)F)C4)CC3)c2c1C. The number of nitrogens with one attached hydrogen (secondary N) is 1. The van der Waals surface area contributed by atoms with Crippen LogP contribution < -0.4 is 10.2 Å². The number of carbonyl (C=O) groups excluding carboxylic acids is 1. The number of aryl methyl sites for hydroxylation is 2. The van der Waals surface area contributed by atoms with Crippen molar-refractivity contribution in [2.24, 2.45) is 11.8 Å². The Hall–Kier alpha value is -1.90. The van der Waals surface area contributed by atoms with E-state index in [4.69, 9.17) is 0 Å². The quantitative estimate of drug-likeness (QED) is 0.748. The Kier molecular flexibility index (Phi) is 5.92. The molecule has 0 spiro atoms. The third-order valence-corrected chi connectivity index (χ3v) is 7.71. The van der Waals surface area contributed by atoms with Crippen molar-refractivity contribution < 1.29 is 18.0 Å². The molecule has 1 amide bonds. The van der Waals surface area contributed by atoms with E-state index in [0.717, 1.165) is 16.0 Å². The number of halogens is 3. The molecule has 2 atom stereocenters. The van der Waals surface area contributed by atoms with Crippen LogP contribution in [0.4, 0.5) is 19.0 Å². The fourth-order valence-corrected chi connectivity index (χ4v) is 5.69. The summed E-state index contributed by atoms with van der Waals surface area (Å²) in [7, 11) is 0. The highest BCUT2D eigenvalue weighted by molar-refractivity contribution is 7.18. The van der Waals surface area contributed by atoms with E-state index in [2.05, 4.69) is 34.0 Å². The molecule has 1 N–H and O–H groups in total. The Morgan fingerprint density at radius 1 is 1.17 bits per heavy atom. The standard InChI is InChI=1S/C21H27F3N4OS/c1-12-13(2)30-20-17(12)18(25-11-26-20)28-8-6-14(7-9-28)19(29)27-16-5-3-4-15(10-16)21(22,23)24/h11,14-16H,3-10H2,1-2H3,(H,27,29). The summed E-state index contributed by atoms with van der Waals surface area (Å²) in [5.74, 6) is -0.634. The van der Waals surface area contributed by atoms with Gasteiger partial charge >= 0.3 is 6.18 Å². The molecule has 3 heterocycles. The summed E-state index contributed by atoms with van der Waals surface area (Å²) in [5.41, 5.74) is 1.20. The van der Waals surface area contributed by atoms with Gasteiger partial charge in [-0.2, -0.15) is 13.2 Å². The van der Waals surface area contributed by atoms with Gasteiger partial charge in [-0.25, -0.2) is 9.97 Å². The highest BCUT2D eigenvalue weighted by Gasteiger charge is 2.42. The molecule has 2 aliphatic rings. The molecule has 2 aromatic rings. The van der Waals surface area contributed by atoms with Crippen LogP contribution in [0.5, 0.6) is 0 Å². The third-order valence-electron chi connectivity index (χ3n) is 6.59. The van der Waals surface area contributed by atoms with Crippen LogP contribution in [-0.2, 0) is 4.79 Å². The minimum Gasteiger partial charge on any atom is -0.356 e. The third kappa shape index (κ3) is 4.26. The highest BCUT2D eigenvalue weighted by atomic mass is 32.1. The molecule has 164 valence electrons. The molecule has 4 rings (SSSR count). The van der Waals surface area contributed by atoms with Crippen molar-refractivity contribution in [2.45, 2.75) is 64.6 Å².